The fourth-order valence-corrected chi connectivity index (χ4v) is 2.79. The van der Waals surface area contributed by atoms with Gasteiger partial charge in [-0.25, -0.2) is 0 Å². The molecule has 2 atom stereocenters. The van der Waals surface area contributed by atoms with E-state index in [1.807, 2.05) is 0 Å². The molecule has 1 aliphatic rings. The number of hydrogen-bond acceptors (Lipinski definition) is 2. The molecule has 1 aliphatic heterocycles. The zero-order chi connectivity index (χ0) is 13.0. The summed E-state index contributed by atoms with van der Waals surface area (Å²) < 4.78 is 5.86. The van der Waals surface area contributed by atoms with Crippen LogP contribution in [0, 0.1) is 13.8 Å². The summed E-state index contributed by atoms with van der Waals surface area (Å²) in [7, 11) is 2.05. The van der Waals surface area contributed by atoms with Gasteiger partial charge in [-0.15, -0.1) is 0 Å². The average molecular weight is 247 g/mol. The highest BCUT2D eigenvalue weighted by Crippen LogP contribution is 2.27. The summed E-state index contributed by atoms with van der Waals surface area (Å²) in [6, 6.07) is 7.12. The lowest BCUT2D eigenvalue weighted by Crippen LogP contribution is -2.27. The van der Waals surface area contributed by atoms with Gasteiger partial charge in [-0.05, 0) is 57.7 Å². The first-order valence-electron chi connectivity index (χ1n) is 7.06. The molecule has 1 aromatic rings. The number of benzene rings is 1. The molecule has 2 heteroatoms. The Bertz CT molecular complexity index is 383. The SMILES string of the molecule is CNC(CC1CCCCO1)c1cc(C)ccc1C. The maximum absolute atomic E-state index is 5.86. The largest absolute Gasteiger partial charge is 0.378 e. The van der Waals surface area contributed by atoms with E-state index in [1.165, 1.54) is 36.0 Å². The zero-order valence-corrected chi connectivity index (χ0v) is 11.8. The van der Waals surface area contributed by atoms with Crippen molar-refractivity contribution < 1.29 is 4.74 Å². The van der Waals surface area contributed by atoms with Gasteiger partial charge in [0, 0.05) is 12.6 Å². The Kier molecular flexibility index (Phi) is 4.79. The fourth-order valence-electron chi connectivity index (χ4n) is 2.79. The van der Waals surface area contributed by atoms with Crippen LogP contribution in [0.4, 0.5) is 0 Å². The third-order valence-electron chi connectivity index (χ3n) is 3.93. The molecule has 1 aromatic carbocycles. The third kappa shape index (κ3) is 3.33. The van der Waals surface area contributed by atoms with Crippen molar-refractivity contribution in [2.24, 2.45) is 0 Å². The van der Waals surface area contributed by atoms with E-state index in [9.17, 15) is 0 Å². The van der Waals surface area contributed by atoms with Crippen LogP contribution in [0.25, 0.3) is 0 Å². The molecule has 0 saturated carbocycles. The second kappa shape index (κ2) is 6.35. The molecule has 100 valence electrons. The van der Waals surface area contributed by atoms with E-state index in [-0.39, 0.29) is 0 Å². The monoisotopic (exact) mass is 247 g/mol. The van der Waals surface area contributed by atoms with Crippen molar-refractivity contribution >= 4 is 0 Å². The van der Waals surface area contributed by atoms with Gasteiger partial charge in [-0.3, -0.25) is 0 Å². The second-order valence-electron chi connectivity index (χ2n) is 5.43. The molecule has 0 spiro atoms. The molecule has 1 heterocycles. The second-order valence-corrected chi connectivity index (χ2v) is 5.43. The van der Waals surface area contributed by atoms with Crippen molar-refractivity contribution in [3.63, 3.8) is 0 Å². The van der Waals surface area contributed by atoms with Crippen molar-refractivity contribution in [1.29, 1.82) is 0 Å². The van der Waals surface area contributed by atoms with E-state index in [1.54, 1.807) is 0 Å². The minimum atomic E-state index is 0.410. The molecule has 0 aliphatic carbocycles. The molecule has 0 bridgehead atoms. The molecule has 1 fully saturated rings. The van der Waals surface area contributed by atoms with Gasteiger partial charge < -0.3 is 10.1 Å². The van der Waals surface area contributed by atoms with Crippen LogP contribution in [0.5, 0.6) is 0 Å². The Labute approximate surface area is 111 Å². The summed E-state index contributed by atoms with van der Waals surface area (Å²) in [6.07, 6.45) is 5.26. The van der Waals surface area contributed by atoms with Gasteiger partial charge in [0.15, 0.2) is 0 Å². The predicted molar refractivity (Wildman–Crippen MR) is 75.9 cm³/mol. The molecule has 2 nitrogen and oxygen atoms in total. The van der Waals surface area contributed by atoms with Crippen LogP contribution in [0.15, 0.2) is 18.2 Å². The number of nitrogens with one attached hydrogen (secondary N) is 1. The van der Waals surface area contributed by atoms with Crippen LogP contribution in [-0.2, 0) is 4.74 Å². The van der Waals surface area contributed by atoms with Crippen molar-refractivity contribution in [3.8, 4) is 0 Å². The van der Waals surface area contributed by atoms with Crippen LogP contribution >= 0.6 is 0 Å². The smallest absolute Gasteiger partial charge is 0.0593 e. The van der Waals surface area contributed by atoms with Crippen LogP contribution in [-0.4, -0.2) is 19.8 Å². The fraction of sp³-hybridized carbons (Fsp3) is 0.625. The molecule has 1 N–H and O–H groups in total. The lowest BCUT2D eigenvalue weighted by molar-refractivity contribution is 0.00545. The molecule has 0 amide bonds. The Morgan fingerprint density at radius 2 is 2.17 bits per heavy atom. The van der Waals surface area contributed by atoms with Crippen molar-refractivity contribution in [3.05, 3.63) is 34.9 Å². The van der Waals surface area contributed by atoms with Gasteiger partial charge in [0.1, 0.15) is 0 Å². The molecule has 2 rings (SSSR count). The summed E-state index contributed by atoms with van der Waals surface area (Å²) >= 11 is 0. The Morgan fingerprint density at radius 1 is 1.33 bits per heavy atom. The molecule has 0 aromatic heterocycles. The summed E-state index contributed by atoms with van der Waals surface area (Å²) in [5.41, 5.74) is 4.13. The van der Waals surface area contributed by atoms with E-state index >= 15 is 0 Å². The van der Waals surface area contributed by atoms with Gasteiger partial charge in [-0.1, -0.05) is 23.8 Å². The summed E-state index contributed by atoms with van der Waals surface area (Å²) in [6.45, 7) is 5.29. The number of rotatable bonds is 4. The highest BCUT2D eigenvalue weighted by Gasteiger charge is 2.20. The zero-order valence-electron chi connectivity index (χ0n) is 11.8. The first kappa shape index (κ1) is 13.6. The summed E-state index contributed by atoms with van der Waals surface area (Å²) in [4.78, 5) is 0. The molecule has 2 unspecified atom stereocenters. The van der Waals surface area contributed by atoms with Crippen LogP contribution < -0.4 is 5.32 Å². The molecule has 18 heavy (non-hydrogen) atoms. The minimum absolute atomic E-state index is 0.410. The van der Waals surface area contributed by atoms with Crippen molar-refractivity contribution in [2.75, 3.05) is 13.7 Å². The van der Waals surface area contributed by atoms with E-state index in [4.69, 9.17) is 4.74 Å². The van der Waals surface area contributed by atoms with Crippen LogP contribution in [0.3, 0.4) is 0 Å². The minimum Gasteiger partial charge on any atom is -0.378 e. The molecular formula is C16H25NO. The van der Waals surface area contributed by atoms with Gasteiger partial charge in [0.2, 0.25) is 0 Å². The first-order chi connectivity index (χ1) is 8.70. The molecule has 0 radical (unpaired) electrons. The number of hydrogen-bond donors (Lipinski definition) is 1. The van der Waals surface area contributed by atoms with Gasteiger partial charge >= 0.3 is 0 Å². The van der Waals surface area contributed by atoms with E-state index in [0.717, 1.165) is 13.0 Å². The topological polar surface area (TPSA) is 21.3 Å². The van der Waals surface area contributed by atoms with Crippen molar-refractivity contribution in [1.82, 2.24) is 5.32 Å². The maximum atomic E-state index is 5.86. The summed E-state index contributed by atoms with van der Waals surface area (Å²) in [5, 5.41) is 3.45. The normalized spacial score (nSPS) is 21.8. The molecule has 1 saturated heterocycles. The van der Waals surface area contributed by atoms with Crippen LogP contribution in [0.1, 0.15) is 48.4 Å². The van der Waals surface area contributed by atoms with E-state index in [0.29, 0.717) is 12.1 Å². The highest BCUT2D eigenvalue weighted by molar-refractivity contribution is 5.33. The standard InChI is InChI=1S/C16H25NO/c1-12-7-8-13(2)15(10-12)16(17-3)11-14-6-4-5-9-18-14/h7-8,10,14,16-17H,4-6,9,11H2,1-3H3. The Hall–Kier alpha value is -0.860. The Balaban J connectivity index is 2.09. The lowest BCUT2D eigenvalue weighted by atomic mass is 9.93. The number of aryl methyl sites for hydroxylation is 2. The molecular weight excluding hydrogens is 222 g/mol. The number of ether oxygens (including phenoxy) is 1. The van der Waals surface area contributed by atoms with Crippen molar-refractivity contribution in [2.45, 2.75) is 51.7 Å². The lowest BCUT2D eigenvalue weighted by Gasteiger charge is -2.28. The van der Waals surface area contributed by atoms with Gasteiger partial charge in [0.05, 0.1) is 6.10 Å². The first-order valence-corrected chi connectivity index (χ1v) is 7.06. The van der Waals surface area contributed by atoms with Gasteiger partial charge in [-0.2, -0.15) is 0 Å². The van der Waals surface area contributed by atoms with E-state index in [2.05, 4.69) is 44.4 Å². The van der Waals surface area contributed by atoms with Gasteiger partial charge in [0.25, 0.3) is 0 Å². The summed E-state index contributed by atoms with van der Waals surface area (Å²) in [5.74, 6) is 0. The quantitative estimate of drug-likeness (QED) is 0.879. The third-order valence-corrected chi connectivity index (χ3v) is 3.93. The highest BCUT2D eigenvalue weighted by atomic mass is 16.5. The predicted octanol–water partition coefficient (Wildman–Crippen LogP) is 3.52. The van der Waals surface area contributed by atoms with Crippen LogP contribution in [0.2, 0.25) is 0 Å². The van der Waals surface area contributed by atoms with E-state index < -0.39 is 0 Å². The average Bonchev–Trinajstić information content (AvgIpc) is 2.40. The Morgan fingerprint density at radius 3 is 2.83 bits per heavy atom. The maximum Gasteiger partial charge on any atom is 0.0593 e.